The van der Waals surface area contributed by atoms with Crippen molar-refractivity contribution in [1.82, 2.24) is 9.88 Å². The number of halogens is 3. The molecule has 24 heavy (non-hydrogen) atoms. The summed E-state index contributed by atoms with van der Waals surface area (Å²) in [5, 5.41) is 0. The highest BCUT2D eigenvalue weighted by Gasteiger charge is 2.30. The highest BCUT2D eigenvalue weighted by Crippen LogP contribution is 2.30. The van der Waals surface area contributed by atoms with Crippen molar-refractivity contribution in [1.29, 1.82) is 0 Å². The molecule has 1 aromatic heterocycles. The van der Waals surface area contributed by atoms with Gasteiger partial charge in [-0.05, 0) is 37.6 Å². The van der Waals surface area contributed by atoms with Gasteiger partial charge in [-0.15, -0.1) is 0 Å². The number of nitrogens with zero attached hydrogens (tertiary/aromatic N) is 2. The minimum Gasteiger partial charge on any atom is -0.444 e. The minimum absolute atomic E-state index is 0.124. The molecule has 7 heteroatoms. The number of aromatic nitrogens is 1. The van der Waals surface area contributed by atoms with Crippen LogP contribution in [0.15, 0.2) is 34.9 Å². The van der Waals surface area contributed by atoms with Crippen LogP contribution in [-0.2, 0) is 6.18 Å². The summed E-state index contributed by atoms with van der Waals surface area (Å²) in [6.07, 6.45) is -1.29. The fourth-order valence-corrected chi connectivity index (χ4v) is 2.22. The van der Waals surface area contributed by atoms with Crippen LogP contribution in [0.25, 0.3) is 11.5 Å². The predicted molar refractivity (Wildman–Crippen MR) is 83.4 cm³/mol. The first-order valence-electron chi connectivity index (χ1n) is 7.79. The summed E-state index contributed by atoms with van der Waals surface area (Å²) in [6, 6.07) is 4.47. The first-order chi connectivity index (χ1) is 11.4. The lowest BCUT2D eigenvalue weighted by molar-refractivity contribution is -0.137. The SMILES string of the molecule is CCCCN(CC)C(=O)c1coc(-c2ccc(C(F)(F)F)cc2)n1. The van der Waals surface area contributed by atoms with Crippen molar-refractivity contribution < 1.29 is 22.4 Å². The summed E-state index contributed by atoms with van der Waals surface area (Å²) < 4.78 is 43.0. The Labute approximate surface area is 138 Å². The van der Waals surface area contributed by atoms with E-state index >= 15 is 0 Å². The van der Waals surface area contributed by atoms with E-state index in [4.69, 9.17) is 4.42 Å². The summed E-state index contributed by atoms with van der Waals surface area (Å²) in [5.41, 5.74) is -0.202. The molecule has 130 valence electrons. The minimum atomic E-state index is -4.39. The molecule has 0 bridgehead atoms. The maximum atomic E-state index is 12.6. The van der Waals surface area contributed by atoms with E-state index in [1.165, 1.54) is 18.4 Å². The van der Waals surface area contributed by atoms with Gasteiger partial charge < -0.3 is 9.32 Å². The zero-order chi connectivity index (χ0) is 17.7. The fourth-order valence-electron chi connectivity index (χ4n) is 2.22. The van der Waals surface area contributed by atoms with Gasteiger partial charge in [-0.1, -0.05) is 13.3 Å². The van der Waals surface area contributed by atoms with Crippen LogP contribution < -0.4 is 0 Å². The third kappa shape index (κ3) is 4.15. The molecular formula is C17H19F3N2O2. The number of hydrogen-bond acceptors (Lipinski definition) is 3. The van der Waals surface area contributed by atoms with Crippen molar-refractivity contribution in [2.75, 3.05) is 13.1 Å². The van der Waals surface area contributed by atoms with E-state index in [-0.39, 0.29) is 17.5 Å². The van der Waals surface area contributed by atoms with Crippen LogP contribution in [0.3, 0.4) is 0 Å². The Hall–Kier alpha value is -2.31. The molecule has 0 spiro atoms. The average molecular weight is 340 g/mol. The molecule has 1 aromatic carbocycles. The molecule has 1 heterocycles. The van der Waals surface area contributed by atoms with Crippen LogP contribution in [0.1, 0.15) is 42.7 Å². The Bertz CT molecular complexity index is 678. The number of unbranched alkanes of at least 4 members (excludes halogenated alkanes) is 1. The van der Waals surface area contributed by atoms with E-state index in [0.717, 1.165) is 25.0 Å². The van der Waals surface area contributed by atoms with Gasteiger partial charge in [-0.3, -0.25) is 4.79 Å². The van der Waals surface area contributed by atoms with E-state index < -0.39 is 11.7 Å². The molecule has 0 saturated carbocycles. The Morgan fingerprint density at radius 3 is 2.42 bits per heavy atom. The highest BCUT2D eigenvalue weighted by molar-refractivity contribution is 5.92. The maximum Gasteiger partial charge on any atom is 0.416 e. The molecule has 4 nitrogen and oxygen atoms in total. The molecule has 0 fully saturated rings. The molecule has 0 aliphatic rings. The standard InChI is InChI=1S/C17H19F3N2O2/c1-3-5-10-22(4-2)16(23)14-11-24-15(21-14)12-6-8-13(9-7-12)17(18,19)20/h6-9,11H,3-5,10H2,1-2H3. The second-order valence-electron chi connectivity index (χ2n) is 5.35. The van der Waals surface area contributed by atoms with Gasteiger partial charge in [-0.25, -0.2) is 4.98 Å². The van der Waals surface area contributed by atoms with Crippen LogP contribution in [0, 0.1) is 0 Å². The van der Waals surface area contributed by atoms with Crippen molar-refractivity contribution in [3.8, 4) is 11.5 Å². The number of rotatable bonds is 6. The van der Waals surface area contributed by atoms with Crippen LogP contribution >= 0.6 is 0 Å². The van der Waals surface area contributed by atoms with Gasteiger partial charge in [0.05, 0.1) is 5.56 Å². The van der Waals surface area contributed by atoms with E-state index in [2.05, 4.69) is 4.98 Å². The molecule has 2 aromatic rings. The van der Waals surface area contributed by atoms with Crippen molar-refractivity contribution in [3.63, 3.8) is 0 Å². The van der Waals surface area contributed by atoms with Gasteiger partial charge in [0.15, 0.2) is 5.69 Å². The first kappa shape index (κ1) is 18.0. The number of amides is 1. The Kier molecular flexibility index (Phi) is 5.64. The van der Waals surface area contributed by atoms with Crippen molar-refractivity contribution in [2.24, 2.45) is 0 Å². The van der Waals surface area contributed by atoms with Gasteiger partial charge in [0.1, 0.15) is 6.26 Å². The molecular weight excluding hydrogens is 321 g/mol. The number of hydrogen-bond donors (Lipinski definition) is 0. The third-order valence-electron chi connectivity index (χ3n) is 3.63. The lowest BCUT2D eigenvalue weighted by Gasteiger charge is -2.18. The topological polar surface area (TPSA) is 46.3 Å². The van der Waals surface area contributed by atoms with Gasteiger partial charge in [-0.2, -0.15) is 13.2 Å². The monoisotopic (exact) mass is 340 g/mol. The van der Waals surface area contributed by atoms with Gasteiger partial charge >= 0.3 is 6.18 Å². The molecule has 0 saturated heterocycles. The lowest BCUT2D eigenvalue weighted by Crippen LogP contribution is -2.31. The second-order valence-corrected chi connectivity index (χ2v) is 5.35. The third-order valence-corrected chi connectivity index (χ3v) is 3.63. The maximum absolute atomic E-state index is 12.6. The summed E-state index contributed by atoms with van der Waals surface area (Å²) >= 11 is 0. The number of carbonyl (C=O) groups is 1. The van der Waals surface area contributed by atoms with E-state index in [1.54, 1.807) is 4.90 Å². The lowest BCUT2D eigenvalue weighted by atomic mass is 10.1. The largest absolute Gasteiger partial charge is 0.444 e. The van der Waals surface area contributed by atoms with Gasteiger partial charge in [0, 0.05) is 18.7 Å². The molecule has 0 radical (unpaired) electrons. The summed E-state index contributed by atoms with van der Waals surface area (Å²) in [5.74, 6) is -0.119. The van der Waals surface area contributed by atoms with E-state index in [0.29, 0.717) is 18.7 Å². The molecule has 0 aliphatic carbocycles. The molecule has 0 aliphatic heterocycles. The Morgan fingerprint density at radius 1 is 1.21 bits per heavy atom. The molecule has 0 unspecified atom stereocenters. The summed E-state index contributed by atoms with van der Waals surface area (Å²) in [6.45, 7) is 5.11. The predicted octanol–water partition coefficient (Wildman–Crippen LogP) is 4.62. The molecule has 0 atom stereocenters. The summed E-state index contributed by atoms with van der Waals surface area (Å²) in [4.78, 5) is 18.1. The fraction of sp³-hybridized carbons (Fsp3) is 0.412. The van der Waals surface area contributed by atoms with E-state index in [9.17, 15) is 18.0 Å². The Morgan fingerprint density at radius 2 is 1.88 bits per heavy atom. The number of oxazole rings is 1. The summed E-state index contributed by atoms with van der Waals surface area (Å²) in [7, 11) is 0. The van der Waals surface area contributed by atoms with Crippen LogP contribution in [0.4, 0.5) is 13.2 Å². The zero-order valence-corrected chi connectivity index (χ0v) is 13.6. The molecule has 0 N–H and O–H groups in total. The number of alkyl halides is 3. The van der Waals surface area contributed by atoms with Crippen LogP contribution in [0.5, 0.6) is 0 Å². The van der Waals surface area contributed by atoms with Crippen molar-refractivity contribution in [3.05, 3.63) is 41.8 Å². The second kappa shape index (κ2) is 7.51. The van der Waals surface area contributed by atoms with Crippen molar-refractivity contribution in [2.45, 2.75) is 32.9 Å². The van der Waals surface area contributed by atoms with Gasteiger partial charge in [0.25, 0.3) is 5.91 Å². The molecule has 1 amide bonds. The first-order valence-corrected chi connectivity index (χ1v) is 7.79. The molecule has 2 rings (SSSR count). The van der Waals surface area contributed by atoms with E-state index in [1.807, 2.05) is 13.8 Å². The number of carbonyl (C=O) groups excluding carboxylic acids is 1. The highest BCUT2D eigenvalue weighted by atomic mass is 19.4. The van der Waals surface area contributed by atoms with Crippen LogP contribution in [0.2, 0.25) is 0 Å². The smallest absolute Gasteiger partial charge is 0.416 e. The van der Waals surface area contributed by atoms with Crippen LogP contribution in [-0.4, -0.2) is 28.9 Å². The quantitative estimate of drug-likeness (QED) is 0.771. The van der Waals surface area contributed by atoms with Gasteiger partial charge in [0.2, 0.25) is 5.89 Å². The zero-order valence-electron chi connectivity index (χ0n) is 13.6. The number of benzene rings is 1. The Balaban J connectivity index is 2.16. The average Bonchev–Trinajstić information content (AvgIpc) is 3.04. The normalized spacial score (nSPS) is 11.5. The van der Waals surface area contributed by atoms with Crippen molar-refractivity contribution >= 4 is 5.91 Å².